The summed E-state index contributed by atoms with van der Waals surface area (Å²) in [4.78, 5) is 10.3. The van der Waals surface area contributed by atoms with E-state index in [1.807, 2.05) is 0 Å². The van der Waals surface area contributed by atoms with Crippen molar-refractivity contribution in [2.45, 2.75) is 58.3 Å². The number of carboxylic acid groups (broad SMARTS) is 1. The van der Waals surface area contributed by atoms with Crippen LogP contribution in [0.3, 0.4) is 0 Å². The monoisotopic (exact) mass is 302 g/mol. The Morgan fingerprint density at radius 2 is 1.14 bits per heavy atom. The molecule has 0 aromatic rings. The van der Waals surface area contributed by atoms with Crippen molar-refractivity contribution in [1.82, 2.24) is 0 Å². The second kappa shape index (κ2) is 17.2. The summed E-state index contributed by atoms with van der Waals surface area (Å²) in [5.41, 5.74) is 0. The Balaban J connectivity index is 3.46. The van der Waals surface area contributed by atoms with E-state index in [1.165, 1.54) is 0 Å². The highest BCUT2D eigenvalue weighted by Crippen LogP contribution is 1.99. The van der Waals surface area contributed by atoms with E-state index in [9.17, 15) is 4.79 Å². The van der Waals surface area contributed by atoms with Crippen LogP contribution < -0.4 is 0 Å². The first kappa shape index (κ1) is 20.2. The number of unbranched alkanes of at least 4 members (excludes halogenated alkanes) is 1. The van der Waals surface area contributed by atoms with Crippen molar-refractivity contribution in [3.8, 4) is 0 Å². The molecule has 0 atom stereocenters. The first-order chi connectivity index (χ1) is 10.8. The molecule has 0 radical (unpaired) electrons. The Morgan fingerprint density at radius 3 is 1.55 bits per heavy atom. The fourth-order valence-corrected chi connectivity index (χ4v) is 1.74. The van der Waals surface area contributed by atoms with Crippen molar-refractivity contribution in [2.24, 2.45) is 0 Å². The lowest BCUT2D eigenvalue weighted by Crippen LogP contribution is -1.92. The molecule has 1 N–H and O–H groups in total. The van der Waals surface area contributed by atoms with Crippen LogP contribution >= 0.6 is 0 Å². The molecular formula is C20H30O2. The van der Waals surface area contributed by atoms with Crippen molar-refractivity contribution in [3.05, 3.63) is 60.8 Å². The molecule has 0 spiro atoms. The molecule has 0 aliphatic rings. The zero-order valence-electron chi connectivity index (χ0n) is 13.8. The van der Waals surface area contributed by atoms with E-state index in [4.69, 9.17) is 5.11 Å². The molecule has 0 fully saturated rings. The number of aliphatic carboxylic acids is 1. The molecule has 22 heavy (non-hydrogen) atoms. The van der Waals surface area contributed by atoms with E-state index in [0.29, 0.717) is 0 Å². The van der Waals surface area contributed by atoms with Crippen LogP contribution in [0, 0.1) is 0 Å². The molecule has 122 valence electrons. The van der Waals surface area contributed by atoms with Crippen molar-refractivity contribution in [3.63, 3.8) is 0 Å². The number of allylic oxidation sites excluding steroid dienone is 10. The summed E-state index contributed by atoms with van der Waals surface area (Å²) < 4.78 is 0. The summed E-state index contributed by atoms with van der Waals surface area (Å²) in [7, 11) is 0. The number of rotatable bonds is 13. The first-order valence-electron chi connectivity index (χ1n) is 8.24. The van der Waals surface area contributed by atoms with Crippen LogP contribution in [-0.2, 0) is 4.79 Å². The maximum absolute atomic E-state index is 10.3. The topological polar surface area (TPSA) is 37.3 Å². The SMILES string of the molecule is CC/C=C/C/C=C\C/C=C/C/C=C/C/C=C\CCCC(=O)O. The van der Waals surface area contributed by atoms with Crippen molar-refractivity contribution in [2.75, 3.05) is 0 Å². The van der Waals surface area contributed by atoms with Gasteiger partial charge in [0.1, 0.15) is 0 Å². The summed E-state index contributed by atoms with van der Waals surface area (Å²) in [5, 5.41) is 8.49. The van der Waals surface area contributed by atoms with Crippen LogP contribution in [0.15, 0.2) is 60.8 Å². The number of hydrogen-bond acceptors (Lipinski definition) is 1. The molecule has 0 amide bonds. The van der Waals surface area contributed by atoms with E-state index >= 15 is 0 Å². The Labute approximate surface area is 135 Å². The van der Waals surface area contributed by atoms with Crippen molar-refractivity contribution >= 4 is 5.97 Å². The van der Waals surface area contributed by atoms with Gasteiger partial charge in [-0.15, -0.1) is 0 Å². The maximum atomic E-state index is 10.3. The summed E-state index contributed by atoms with van der Waals surface area (Å²) in [6.07, 6.45) is 28.4. The summed E-state index contributed by atoms with van der Waals surface area (Å²) in [5.74, 6) is -0.715. The fraction of sp³-hybridized carbons (Fsp3) is 0.450. The van der Waals surface area contributed by atoms with Gasteiger partial charge in [0, 0.05) is 6.42 Å². The van der Waals surface area contributed by atoms with Crippen LogP contribution in [0.4, 0.5) is 0 Å². The van der Waals surface area contributed by atoms with Gasteiger partial charge in [-0.1, -0.05) is 67.7 Å². The number of carboxylic acids is 1. The van der Waals surface area contributed by atoms with E-state index in [0.717, 1.165) is 44.9 Å². The Bertz CT molecular complexity index is 398. The number of carbonyl (C=O) groups is 1. The fourth-order valence-electron chi connectivity index (χ4n) is 1.74. The van der Waals surface area contributed by atoms with Crippen molar-refractivity contribution < 1.29 is 9.90 Å². The zero-order valence-corrected chi connectivity index (χ0v) is 13.8. The zero-order chi connectivity index (χ0) is 16.3. The van der Waals surface area contributed by atoms with Crippen LogP contribution in [0.2, 0.25) is 0 Å². The molecule has 0 saturated carbocycles. The second-order valence-corrected chi connectivity index (χ2v) is 4.99. The number of hydrogen-bond donors (Lipinski definition) is 1. The van der Waals surface area contributed by atoms with Gasteiger partial charge in [-0.05, 0) is 44.9 Å². The molecule has 0 rings (SSSR count). The molecule has 0 bridgehead atoms. The minimum atomic E-state index is -0.715. The minimum absolute atomic E-state index is 0.258. The molecule has 0 heterocycles. The van der Waals surface area contributed by atoms with E-state index in [2.05, 4.69) is 67.7 Å². The molecule has 0 aromatic carbocycles. The lowest BCUT2D eigenvalue weighted by Gasteiger charge is -1.89. The van der Waals surface area contributed by atoms with Gasteiger partial charge in [-0.25, -0.2) is 0 Å². The average molecular weight is 302 g/mol. The summed E-state index contributed by atoms with van der Waals surface area (Å²) >= 11 is 0. The van der Waals surface area contributed by atoms with Gasteiger partial charge in [0.2, 0.25) is 0 Å². The van der Waals surface area contributed by atoms with Crippen LogP contribution in [0.5, 0.6) is 0 Å². The third kappa shape index (κ3) is 18.2. The Hall–Kier alpha value is -1.83. The van der Waals surface area contributed by atoms with Gasteiger partial charge in [0.15, 0.2) is 0 Å². The van der Waals surface area contributed by atoms with Gasteiger partial charge in [0.05, 0.1) is 0 Å². The molecule has 0 aliphatic carbocycles. The average Bonchev–Trinajstić information content (AvgIpc) is 2.50. The highest BCUT2D eigenvalue weighted by Gasteiger charge is 1.92. The Kier molecular flexibility index (Phi) is 15.8. The third-order valence-electron chi connectivity index (χ3n) is 2.92. The van der Waals surface area contributed by atoms with E-state index in [1.54, 1.807) is 0 Å². The molecule has 0 saturated heterocycles. The molecule has 0 aromatic heterocycles. The normalized spacial score (nSPS) is 12.8. The largest absolute Gasteiger partial charge is 0.481 e. The van der Waals surface area contributed by atoms with Gasteiger partial charge < -0.3 is 5.11 Å². The first-order valence-corrected chi connectivity index (χ1v) is 8.24. The lowest BCUT2D eigenvalue weighted by atomic mass is 10.2. The smallest absolute Gasteiger partial charge is 0.303 e. The second-order valence-electron chi connectivity index (χ2n) is 4.99. The predicted octanol–water partition coefficient (Wildman–Crippen LogP) is 5.99. The maximum Gasteiger partial charge on any atom is 0.303 e. The highest BCUT2D eigenvalue weighted by atomic mass is 16.4. The van der Waals surface area contributed by atoms with Gasteiger partial charge in [0.25, 0.3) is 0 Å². The van der Waals surface area contributed by atoms with Crippen LogP contribution in [0.25, 0.3) is 0 Å². The van der Waals surface area contributed by atoms with E-state index in [-0.39, 0.29) is 6.42 Å². The van der Waals surface area contributed by atoms with E-state index < -0.39 is 5.97 Å². The third-order valence-corrected chi connectivity index (χ3v) is 2.92. The van der Waals surface area contributed by atoms with Crippen LogP contribution in [-0.4, -0.2) is 11.1 Å². The Morgan fingerprint density at radius 1 is 0.727 bits per heavy atom. The van der Waals surface area contributed by atoms with Gasteiger partial charge in [-0.3, -0.25) is 4.79 Å². The quantitative estimate of drug-likeness (QED) is 0.335. The molecule has 0 aliphatic heterocycles. The predicted molar refractivity (Wildman–Crippen MR) is 95.9 cm³/mol. The molecule has 2 heteroatoms. The molecule has 2 nitrogen and oxygen atoms in total. The minimum Gasteiger partial charge on any atom is -0.481 e. The van der Waals surface area contributed by atoms with Crippen LogP contribution in [0.1, 0.15) is 58.3 Å². The molecule has 0 unspecified atom stereocenters. The highest BCUT2D eigenvalue weighted by molar-refractivity contribution is 5.66. The van der Waals surface area contributed by atoms with Gasteiger partial charge in [-0.2, -0.15) is 0 Å². The lowest BCUT2D eigenvalue weighted by molar-refractivity contribution is -0.137. The summed E-state index contributed by atoms with van der Waals surface area (Å²) in [6, 6.07) is 0. The van der Waals surface area contributed by atoms with Gasteiger partial charge >= 0.3 is 5.97 Å². The summed E-state index contributed by atoms with van der Waals surface area (Å²) in [6.45, 7) is 2.14. The standard InChI is InChI=1S/C20H30O2/c1-2-3-4-5-6-7-8-9-10-11-12-13-14-15-16-17-18-19-20(21)22/h3-4,6-7,9-10,12-13,15-16H,2,5,8,11,14,17-19H2,1H3,(H,21,22)/b4-3+,7-6-,10-9+,13-12+,16-15-. The molecular weight excluding hydrogens is 272 g/mol. The van der Waals surface area contributed by atoms with Crippen molar-refractivity contribution in [1.29, 1.82) is 0 Å².